The van der Waals surface area contributed by atoms with Gasteiger partial charge in [-0.1, -0.05) is 24.3 Å². The Balaban J connectivity index is 1.84. The van der Waals surface area contributed by atoms with E-state index in [1.54, 1.807) is 43.6 Å². The van der Waals surface area contributed by atoms with Gasteiger partial charge in [0.05, 0.1) is 22.6 Å². The van der Waals surface area contributed by atoms with Crippen LogP contribution in [0.2, 0.25) is 0 Å². The number of pyridine rings is 1. The lowest BCUT2D eigenvalue weighted by Gasteiger charge is -2.37. The van der Waals surface area contributed by atoms with Crippen molar-refractivity contribution in [3.63, 3.8) is 0 Å². The second kappa shape index (κ2) is 6.94. The molecule has 138 valence electrons. The standard InChI is InChI=1S/C17H20BClN2O4S/c1-16(2)17(3,25-18(24-16)14-8-7-11-20-12-14)13-21(19)26(22,23)15-9-5-4-6-10-15/h4-12H,13H2,1-3H3. The lowest BCUT2D eigenvalue weighted by Crippen LogP contribution is -2.52. The van der Waals surface area contributed by atoms with Gasteiger partial charge in [-0.2, -0.15) is 0 Å². The summed E-state index contributed by atoms with van der Waals surface area (Å²) in [6.07, 6.45) is 3.32. The van der Waals surface area contributed by atoms with E-state index in [9.17, 15) is 8.42 Å². The van der Waals surface area contributed by atoms with Crippen molar-refractivity contribution in [2.45, 2.75) is 36.9 Å². The molecule has 2 aromatic rings. The topological polar surface area (TPSA) is 68.7 Å². The molecule has 1 fully saturated rings. The third-order valence-corrected chi connectivity index (χ3v) is 6.91. The van der Waals surface area contributed by atoms with E-state index in [0.717, 1.165) is 9.29 Å². The highest BCUT2D eigenvalue weighted by Gasteiger charge is 2.56. The minimum Gasteiger partial charge on any atom is -0.399 e. The Kier molecular flexibility index (Phi) is 5.16. The Bertz CT molecular complexity index is 867. The lowest BCUT2D eigenvalue weighted by molar-refractivity contribution is -0.0127. The van der Waals surface area contributed by atoms with Crippen LogP contribution in [0.15, 0.2) is 59.8 Å². The maximum absolute atomic E-state index is 12.7. The van der Waals surface area contributed by atoms with Crippen LogP contribution in [0.25, 0.3) is 0 Å². The Morgan fingerprint density at radius 2 is 1.81 bits per heavy atom. The number of hydrogen-bond acceptors (Lipinski definition) is 5. The second-order valence-electron chi connectivity index (χ2n) is 6.86. The van der Waals surface area contributed by atoms with Gasteiger partial charge >= 0.3 is 7.12 Å². The van der Waals surface area contributed by atoms with Crippen molar-refractivity contribution in [3.8, 4) is 0 Å². The summed E-state index contributed by atoms with van der Waals surface area (Å²) in [6, 6.07) is 11.7. The molecule has 1 aromatic heterocycles. The van der Waals surface area contributed by atoms with Gasteiger partial charge in [-0.3, -0.25) is 4.98 Å². The van der Waals surface area contributed by atoms with Crippen LogP contribution in [-0.4, -0.2) is 42.1 Å². The maximum atomic E-state index is 12.7. The van der Waals surface area contributed by atoms with Gasteiger partial charge < -0.3 is 9.31 Å². The van der Waals surface area contributed by atoms with Gasteiger partial charge in [-0.25, -0.2) is 8.42 Å². The zero-order valence-corrected chi connectivity index (χ0v) is 16.4. The summed E-state index contributed by atoms with van der Waals surface area (Å²) in [5.41, 5.74) is -0.972. The Labute approximate surface area is 159 Å². The molecule has 1 aliphatic heterocycles. The van der Waals surface area contributed by atoms with E-state index in [2.05, 4.69) is 4.98 Å². The fraction of sp³-hybridized carbons (Fsp3) is 0.353. The van der Waals surface area contributed by atoms with Crippen molar-refractivity contribution >= 4 is 34.4 Å². The SMILES string of the molecule is CC1(C)OB(c2cccnc2)OC1(C)CN(Cl)S(=O)(=O)c1ccccc1. The lowest BCUT2D eigenvalue weighted by atomic mass is 9.80. The van der Waals surface area contributed by atoms with Crippen molar-refractivity contribution in [1.29, 1.82) is 0 Å². The fourth-order valence-corrected chi connectivity index (χ4v) is 4.32. The number of rotatable bonds is 5. The highest BCUT2D eigenvalue weighted by Crippen LogP contribution is 2.39. The molecule has 3 rings (SSSR count). The van der Waals surface area contributed by atoms with Crippen LogP contribution in [0.1, 0.15) is 20.8 Å². The highest BCUT2D eigenvalue weighted by molar-refractivity contribution is 7.90. The van der Waals surface area contributed by atoms with E-state index < -0.39 is 28.3 Å². The Hall–Kier alpha value is -1.45. The summed E-state index contributed by atoms with van der Waals surface area (Å²) in [7, 11) is -4.49. The molecule has 9 heteroatoms. The molecule has 0 spiro atoms. The summed E-state index contributed by atoms with van der Waals surface area (Å²) in [6.45, 7) is 5.42. The number of nitrogens with zero attached hydrogens (tertiary/aromatic N) is 2. The first-order valence-electron chi connectivity index (χ1n) is 8.15. The molecule has 2 heterocycles. The van der Waals surface area contributed by atoms with Crippen LogP contribution in [0.5, 0.6) is 0 Å². The molecule has 1 aromatic carbocycles. The first-order chi connectivity index (χ1) is 12.2. The molecule has 1 unspecified atom stereocenters. The highest BCUT2D eigenvalue weighted by atomic mass is 35.5. The monoisotopic (exact) mass is 394 g/mol. The smallest absolute Gasteiger partial charge is 0.399 e. The van der Waals surface area contributed by atoms with Crippen LogP contribution in [-0.2, 0) is 19.3 Å². The molecule has 0 bridgehead atoms. The number of sulfonamides is 1. The molecule has 0 amide bonds. The molecule has 1 aliphatic rings. The second-order valence-corrected chi connectivity index (χ2v) is 9.33. The van der Waals surface area contributed by atoms with Gasteiger partial charge in [0.15, 0.2) is 0 Å². The molecule has 1 saturated heterocycles. The summed E-state index contributed by atoms with van der Waals surface area (Å²) < 4.78 is 38.3. The molecular formula is C17H20BClN2O4S. The van der Waals surface area contributed by atoms with Gasteiger partial charge in [-0.15, -0.1) is 3.82 Å². The summed E-state index contributed by atoms with van der Waals surface area (Å²) in [5.74, 6) is 0. The Morgan fingerprint density at radius 1 is 1.12 bits per heavy atom. The fourth-order valence-electron chi connectivity index (χ4n) is 2.70. The average molecular weight is 395 g/mol. The van der Waals surface area contributed by atoms with Crippen LogP contribution in [0.4, 0.5) is 0 Å². The van der Waals surface area contributed by atoms with Crippen LogP contribution in [0, 0.1) is 0 Å². The normalized spacial score (nSPS) is 22.7. The van der Waals surface area contributed by atoms with Crippen molar-refractivity contribution in [1.82, 2.24) is 8.81 Å². The number of benzene rings is 1. The largest absolute Gasteiger partial charge is 0.496 e. The van der Waals surface area contributed by atoms with Crippen molar-refractivity contribution in [2.75, 3.05) is 6.54 Å². The average Bonchev–Trinajstić information content (AvgIpc) is 2.85. The van der Waals surface area contributed by atoms with E-state index in [0.29, 0.717) is 0 Å². The van der Waals surface area contributed by atoms with Crippen molar-refractivity contribution in [2.24, 2.45) is 0 Å². The van der Waals surface area contributed by atoms with E-state index >= 15 is 0 Å². The molecular weight excluding hydrogens is 375 g/mol. The molecule has 1 atom stereocenters. The van der Waals surface area contributed by atoms with E-state index in [1.165, 1.54) is 12.1 Å². The third-order valence-electron chi connectivity index (χ3n) is 4.73. The number of hydrogen-bond donors (Lipinski definition) is 0. The van der Waals surface area contributed by atoms with Crippen molar-refractivity contribution < 1.29 is 17.7 Å². The first kappa shape index (κ1) is 19.3. The minimum atomic E-state index is -3.85. The molecule has 0 aliphatic carbocycles. The third kappa shape index (κ3) is 3.52. The Morgan fingerprint density at radius 3 is 2.42 bits per heavy atom. The van der Waals surface area contributed by atoms with E-state index in [1.807, 2.05) is 19.9 Å². The van der Waals surface area contributed by atoms with Crippen LogP contribution < -0.4 is 5.46 Å². The molecule has 0 N–H and O–H groups in total. The minimum absolute atomic E-state index is 0.0739. The van der Waals surface area contributed by atoms with Gasteiger partial charge in [-0.05, 0) is 50.7 Å². The summed E-state index contributed by atoms with van der Waals surface area (Å²) in [5, 5.41) is 0. The van der Waals surface area contributed by atoms with Crippen LogP contribution >= 0.6 is 11.8 Å². The van der Waals surface area contributed by atoms with E-state index in [-0.39, 0.29) is 11.4 Å². The summed E-state index contributed by atoms with van der Waals surface area (Å²) >= 11 is 6.20. The molecule has 6 nitrogen and oxygen atoms in total. The predicted octanol–water partition coefficient (Wildman–Crippen LogP) is 2.21. The zero-order chi connectivity index (χ0) is 19.0. The van der Waals surface area contributed by atoms with Crippen LogP contribution in [0.3, 0.4) is 0 Å². The predicted molar refractivity (Wildman–Crippen MR) is 100 cm³/mol. The van der Waals surface area contributed by atoms with Gasteiger partial charge in [0, 0.05) is 17.9 Å². The van der Waals surface area contributed by atoms with E-state index in [4.69, 9.17) is 21.1 Å². The maximum Gasteiger partial charge on any atom is 0.496 e. The van der Waals surface area contributed by atoms with Gasteiger partial charge in [0.1, 0.15) is 0 Å². The molecule has 0 saturated carbocycles. The van der Waals surface area contributed by atoms with Gasteiger partial charge in [0.25, 0.3) is 10.0 Å². The zero-order valence-electron chi connectivity index (χ0n) is 14.8. The quantitative estimate of drug-likeness (QED) is 0.574. The van der Waals surface area contributed by atoms with Gasteiger partial charge in [0.2, 0.25) is 0 Å². The number of aromatic nitrogens is 1. The molecule has 26 heavy (non-hydrogen) atoms. The van der Waals surface area contributed by atoms with Crippen molar-refractivity contribution in [3.05, 3.63) is 54.9 Å². The first-order valence-corrected chi connectivity index (χ1v) is 9.93. The number of halogens is 1. The summed E-state index contributed by atoms with van der Waals surface area (Å²) in [4.78, 5) is 4.20. The molecule has 0 radical (unpaired) electrons.